The number of aromatic nitrogens is 2. The largest absolute Gasteiger partial charge is 0.497 e. The van der Waals surface area contributed by atoms with Crippen LogP contribution in [0.3, 0.4) is 0 Å². The Kier molecular flexibility index (Phi) is 3.84. The molecule has 0 aliphatic carbocycles. The molecule has 0 saturated carbocycles. The molecule has 94 valence electrons. The van der Waals surface area contributed by atoms with E-state index < -0.39 is 0 Å². The summed E-state index contributed by atoms with van der Waals surface area (Å²) in [5, 5.41) is 0.102. The van der Waals surface area contributed by atoms with Gasteiger partial charge in [0.05, 0.1) is 13.3 Å². The summed E-state index contributed by atoms with van der Waals surface area (Å²) in [4.78, 5) is 7.66. The fourth-order valence-corrected chi connectivity index (χ4v) is 1.51. The summed E-state index contributed by atoms with van der Waals surface area (Å²) in [7, 11) is 1.61. The van der Waals surface area contributed by atoms with Crippen LogP contribution in [0.5, 0.6) is 11.6 Å². The first kappa shape index (κ1) is 12.4. The predicted octanol–water partition coefficient (Wildman–Crippen LogP) is 2.30. The van der Waals surface area contributed by atoms with Crippen LogP contribution in [0.15, 0.2) is 30.5 Å². The van der Waals surface area contributed by atoms with Gasteiger partial charge in [-0.2, -0.15) is 4.98 Å². The van der Waals surface area contributed by atoms with Gasteiger partial charge in [0.2, 0.25) is 11.2 Å². The molecule has 0 saturated heterocycles. The van der Waals surface area contributed by atoms with E-state index in [0.29, 0.717) is 12.3 Å². The number of hydrogen-bond acceptors (Lipinski definition) is 5. The summed E-state index contributed by atoms with van der Waals surface area (Å²) < 4.78 is 10.6. The Balaban J connectivity index is 2.08. The third kappa shape index (κ3) is 3.01. The molecule has 0 aliphatic heterocycles. The molecule has 1 aromatic heterocycles. The summed E-state index contributed by atoms with van der Waals surface area (Å²) >= 11 is 5.67. The highest BCUT2D eigenvalue weighted by molar-refractivity contribution is 6.28. The Morgan fingerprint density at radius 3 is 3.00 bits per heavy atom. The van der Waals surface area contributed by atoms with Crippen molar-refractivity contribution >= 4 is 17.3 Å². The van der Waals surface area contributed by atoms with E-state index in [-0.39, 0.29) is 11.2 Å². The molecule has 0 spiro atoms. The van der Waals surface area contributed by atoms with Crippen molar-refractivity contribution in [3.63, 3.8) is 0 Å². The molecule has 2 rings (SSSR count). The monoisotopic (exact) mass is 265 g/mol. The van der Waals surface area contributed by atoms with Crippen LogP contribution in [0, 0.1) is 0 Å². The number of nitrogen functional groups attached to an aromatic ring is 1. The molecule has 0 aliphatic rings. The van der Waals surface area contributed by atoms with Crippen LogP contribution in [-0.4, -0.2) is 17.1 Å². The number of halogens is 1. The van der Waals surface area contributed by atoms with Gasteiger partial charge in [0, 0.05) is 0 Å². The van der Waals surface area contributed by atoms with Gasteiger partial charge in [0.1, 0.15) is 18.0 Å². The van der Waals surface area contributed by atoms with E-state index >= 15 is 0 Å². The third-order valence-electron chi connectivity index (χ3n) is 2.26. The van der Waals surface area contributed by atoms with Crippen molar-refractivity contribution < 1.29 is 9.47 Å². The zero-order valence-electron chi connectivity index (χ0n) is 9.76. The maximum Gasteiger partial charge on any atom is 0.241 e. The second-order valence-electron chi connectivity index (χ2n) is 3.54. The molecule has 2 aromatic rings. The average Bonchev–Trinajstić information content (AvgIpc) is 2.40. The summed E-state index contributed by atoms with van der Waals surface area (Å²) in [6.07, 6.45) is 1.41. The standard InChI is InChI=1S/C12H12ClN3O2/c1-17-9-4-2-3-8(5-9)7-18-11-10(14)6-15-12(13)16-11/h2-6H,7,14H2,1H3. The molecule has 0 unspecified atom stereocenters. The van der Waals surface area contributed by atoms with E-state index in [1.165, 1.54) is 6.20 Å². The minimum absolute atomic E-state index is 0.102. The maximum absolute atomic E-state index is 5.68. The van der Waals surface area contributed by atoms with Crippen LogP contribution in [0.1, 0.15) is 5.56 Å². The van der Waals surface area contributed by atoms with Gasteiger partial charge in [0.25, 0.3) is 0 Å². The molecule has 2 N–H and O–H groups in total. The van der Waals surface area contributed by atoms with Crippen LogP contribution in [0.25, 0.3) is 0 Å². The van der Waals surface area contributed by atoms with Crippen LogP contribution in [0.2, 0.25) is 5.28 Å². The number of anilines is 1. The van der Waals surface area contributed by atoms with Crippen LogP contribution in [-0.2, 0) is 6.61 Å². The first-order valence-electron chi connectivity index (χ1n) is 5.23. The third-order valence-corrected chi connectivity index (χ3v) is 2.44. The van der Waals surface area contributed by atoms with E-state index in [1.807, 2.05) is 24.3 Å². The molecule has 0 fully saturated rings. The molecule has 6 heteroatoms. The normalized spacial score (nSPS) is 10.1. The molecule has 5 nitrogen and oxygen atoms in total. The van der Waals surface area contributed by atoms with Crippen molar-refractivity contribution in [1.29, 1.82) is 0 Å². The lowest BCUT2D eigenvalue weighted by Crippen LogP contribution is -2.02. The van der Waals surface area contributed by atoms with Gasteiger partial charge in [0.15, 0.2) is 0 Å². The first-order chi connectivity index (χ1) is 8.69. The lowest BCUT2D eigenvalue weighted by Gasteiger charge is -2.08. The second kappa shape index (κ2) is 5.55. The van der Waals surface area contributed by atoms with Crippen molar-refractivity contribution in [3.8, 4) is 11.6 Å². The lowest BCUT2D eigenvalue weighted by molar-refractivity contribution is 0.294. The van der Waals surface area contributed by atoms with E-state index in [0.717, 1.165) is 11.3 Å². The molecule has 18 heavy (non-hydrogen) atoms. The predicted molar refractivity (Wildman–Crippen MR) is 68.8 cm³/mol. The van der Waals surface area contributed by atoms with Gasteiger partial charge in [-0.3, -0.25) is 0 Å². The number of nitrogens with zero attached hydrogens (tertiary/aromatic N) is 2. The van der Waals surface area contributed by atoms with Crippen LogP contribution in [0.4, 0.5) is 5.69 Å². The SMILES string of the molecule is COc1cccc(COc2nc(Cl)ncc2N)c1. The number of hydrogen-bond donors (Lipinski definition) is 1. The summed E-state index contributed by atoms with van der Waals surface area (Å²) in [6.45, 7) is 0.328. The Morgan fingerprint density at radius 1 is 1.39 bits per heavy atom. The molecule has 0 amide bonds. The zero-order valence-corrected chi connectivity index (χ0v) is 10.5. The molecule has 0 atom stereocenters. The quantitative estimate of drug-likeness (QED) is 0.859. The van der Waals surface area contributed by atoms with E-state index in [9.17, 15) is 0 Å². The number of ether oxygens (including phenoxy) is 2. The van der Waals surface area contributed by atoms with Crippen LogP contribution >= 0.6 is 11.6 Å². The topological polar surface area (TPSA) is 70.3 Å². The number of rotatable bonds is 4. The Morgan fingerprint density at radius 2 is 2.22 bits per heavy atom. The van der Waals surface area contributed by atoms with Crippen molar-refractivity contribution in [2.45, 2.75) is 6.61 Å². The molecular formula is C12H12ClN3O2. The molecule has 0 radical (unpaired) electrons. The smallest absolute Gasteiger partial charge is 0.241 e. The van der Waals surface area contributed by atoms with E-state index in [2.05, 4.69) is 9.97 Å². The highest BCUT2D eigenvalue weighted by Crippen LogP contribution is 2.20. The summed E-state index contributed by atoms with van der Waals surface area (Å²) in [6, 6.07) is 7.54. The van der Waals surface area contributed by atoms with Gasteiger partial charge in [-0.15, -0.1) is 0 Å². The van der Waals surface area contributed by atoms with Crippen molar-refractivity contribution in [1.82, 2.24) is 9.97 Å². The van der Waals surface area contributed by atoms with Gasteiger partial charge < -0.3 is 15.2 Å². The Labute approximate surface area is 110 Å². The molecule has 1 heterocycles. The average molecular weight is 266 g/mol. The summed E-state index contributed by atoms with van der Waals surface area (Å²) in [5.41, 5.74) is 6.97. The minimum Gasteiger partial charge on any atom is -0.497 e. The van der Waals surface area contributed by atoms with Gasteiger partial charge >= 0.3 is 0 Å². The fraction of sp³-hybridized carbons (Fsp3) is 0.167. The summed E-state index contributed by atoms with van der Waals surface area (Å²) in [5.74, 6) is 1.04. The Hall–Kier alpha value is -2.01. The van der Waals surface area contributed by atoms with Crippen molar-refractivity contribution in [2.75, 3.05) is 12.8 Å². The molecule has 0 bridgehead atoms. The molecule has 1 aromatic carbocycles. The zero-order chi connectivity index (χ0) is 13.0. The van der Waals surface area contributed by atoms with Crippen LogP contribution < -0.4 is 15.2 Å². The van der Waals surface area contributed by atoms with Gasteiger partial charge in [-0.25, -0.2) is 4.98 Å². The fourth-order valence-electron chi connectivity index (χ4n) is 1.38. The van der Waals surface area contributed by atoms with Gasteiger partial charge in [-0.05, 0) is 29.3 Å². The second-order valence-corrected chi connectivity index (χ2v) is 3.88. The highest BCUT2D eigenvalue weighted by atomic mass is 35.5. The number of methoxy groups -OCH3 is 1. The highest BCUT2D eigenvalue weighted by Gasteiger charge is 2.05. The van der Waals surface area contributed by atoms with E-state index in [4.69, 9.17) is 26.8 Å². The van der Waals surface area contributed by atoms with Gasteiger partial charge in [-0.1, -0.05) is 12.1 Å². The Bertz CT molecular complexity index is 549. The molecular weight excluding hydrogens is 254 g/mol. The van der Waals surface area contributed by atoms with E-state index in [1.54, 1.807) is 7.11 Å². The number of nitrogens with two attached hydrogens (primary N) is 1. The lowest BCUT2D eigenvalue weighted by atomic mass is 10.2. The number of benzene rings is 1. The van der Waals surface area contributed by atoms with Crippen molar-refractivity contribution in [2.24, 2.45) is 0 Å². The minimum atomic E-state index is 0.102. The first-order valence-corrected chi connectivity index (χ1v) is 5.60. The van der Waals surface area contributed by atoms with Crippen molar-refractivity contribution in [3.05, 3.63) is 41.3 Å². The maximum atomic E-state index is 5.68.